The number of benzene rings is 2. The number of halogens is 3. The van der Waals surface area contributed by atoms with Crippen molar-refractivity contribution in [2.75, 3.05) is 5.32 Å². The van der Waals surface area contributed by atoms with Crippen LogP contribution in [0.3, 0.4) is 0 Å². The van der Waals surface area contributed by atoms with Crippen molar-refractivity contribution in [2.24, 2.45) is 0 Å². The molecule has 1 nitrogen and oxygen atoms in total. The first-order valence-corrected chi connectivity index (χ1v) is 7.95. The Morgan fingerprint density at radius 2 is 1.65 bits per heavy atom. The van der Waals surface area contributed by atoms with E-state index in [-0.39, 0.29) is 11.9 Å². The fourth-order valence-corrected chi connectivity index (χ4v) is 3.67. The molecule has 0 aliphatic carbocycles. The smallest absolute Gasteiger partial charge is 0.124 e. The second kappa shape index (κ2) is 6.27. The molecular weight excluding hydrogens is 385 g/mol. The van der Waals surface area contributed by atoms with Gasteiger partial charge in [0.15, 0.2) is 0 Å². The third-order valence-electron chi connectivity index (χ3n) is 3.29. The summed E-state index contributed by atoms with van der Waals surface area (Å²) in [5.41, 5.74) is 4.52. The molecule has 2 rings (SSSR count). The van der Waals surface area contributed by atoms with Gasteiger partial charge < -0.3 is 5.32 Å². The van der Waals surface area contributed by atoms with Gasteiger partial charge in [-0.25, -0.2) is 4.39 Å². The molecule has 1 atom stereocenters. The minimum Gasteiger partial charge on any atom is -0.378 e. The van der Waals surface area contributed by atoms with Crippen LogP contribution in [0.5, 0.6) is 0 Å². The summed E-state index contributed by atoms with van der Waals surface area (Å²) >= 11 is 6.92. The Morgan fingerprint density at radius 3 is 2.20 bits per heavy atom. The van der Waals surface area contributed by atoms with Gasteiger partial charge in [-0.05, 0) is 61.7 Å². The largest absolute Gasteiger partial charge is 0.378 e. The van der Waals surface area contributed by atoms with Crippen molar-refractivity contribution in [2.45, 2.75) is 26.8 Å². The molecule has 20 heavy (non-hydrogen) atoms. The predicted octanol–water partition coefficient (Wildman–Crippen LogP) is 6.14. The maximum Gasteiger partial charge on any atom is 0.124 e. The van der Waals surface area contributed by atoms with E-state index in [0.717, 1.165) is 20.2 Å². The van der Waals surface area contributed by atoms with Gasteiger partial charge in [-0.1, -0.05) is 37.9 Å². The molecule has 0 saturated carbocycles. The second-order valence-electron chi connectivity index (χ2n) is 4.95. The Balaban J connectivity index is 2.30. The molecule has 0 bridgehead atoms. The second-order valence-corrected chi connectivity index (χ2v) is 6.72. The van der Waals surface area contributed by atoms with Gasteiger partial charge in [0, 0.05) is 20.7 Å². The van der Waals surface area contributed by atoms with Crippen molar-refractivity contribution in [3.8, 4) is 0 Å². The van der Waals surface area contributed by atoms with Crippen molar-refractivity contribution in [1.29, 1.82) is 0 Å². The van der Waals surface area contributed by atoms with Gasteiger partial charge >= 0.3 is 0 Å². The lowest BCUT2D eigenvalue weighted by atomic mass is 10.0. The summed E-state index contributed by atoms with van der Waals surface area (Å²) in [7, 11) is 0. The van der Waals surface area contributed by atoms with E-state index in [1.54, 1.807) is 6.07 Å². The highest BCUT2D eigenvalue weighted by atomic mass is 79.9. The SMILES string of the molecule is Cc1cc(Br)cc(C)c1NC(C)c1ccc(F)cc1Br. The minimum atomic E-state index is -0.233. The maximum absolute atomic E-state index is 13.2. The zero-order chi connectivity index (χ0) is 14.9. The Morgan fingerprint density at radius 1 is 1.05 bits per heavy atom. The molecule has 0 saturated heterocycles. The molecule has 0 aromatic heterocycles. The standard InChI is InChI=1S/C16H16Br2FN/c1-9-6-12(17)7-10(2)16(9)20-11(3)14-5-4-13(19)8-15(14)18/h4-8,11,20H,1-3H3. The van der Waals surface area contributed by atoms with Gasteiger partial charge in [-0.15, -0.1) is 0 Å². The molecule has 1 unspecified atom stereocenters. The van der Waals surface area contributed by atoms with E-state index in [1.807, 2.05) is 0 Å². The van der Waals surface area contributed by atoms with Gasteiger partial charge in [0.2, 0.25) is 0 Å². The minimum absolute atomic E-state index is 0.0866. The van der Waals surface area contributed by atoms with Crippen LogP contribution in [0.1, 0.15) is 29.7 Å². The van der Waals surface area contributed by atoms with E-state index >= 15 is 0 Å². The first-order chi connectivity index (χ1) is 9.38. The summed E-state index contributed by atoms with van der Waals surface area (Å²) in [6, 6.07) is 9.04. The molecule has 0 fully saturated rings. The van der Waals surface area contributed by atoms with Crippen molar-refractivity contribution < 1.29 is 4.39 Å². The van der Waals surface area contributed by atoms with Crippen LogP contribution in [0, 0.1) is 19.7 Å². The predicted molar refractivity (Wildman–Crippen MR) is 89.8 cm³/mol. The van der Waals surface area contributed by atoms with E-state index in [0.29, 0.717) is 0 Å². The molecule has 2 aromatic rings. The van der Waals surface area contributed by atoms with Gasteiger partial charge in [-0.2, -0.15) is 0 Å². The average molecular weight is 401 g/mol. The third kappa shape index (κ3) is 3.41. The Labute approximate surface area is 135 Å². The van der Waals surface area contributed by atoms with Crippen LogP contribution in [-0.4, -0.2) is 0 Å². The molecule has 4 heteroatoms. The van der Waals surface area contributed by atoms with E-state index in [4.69, 9.17) is 0 Å². The molecule has 0 aliphatic heterocycles. The number of rotatable bonds is 3. The van der Waals surface area contributed by atoms with Crippen LogP contribution in [0.2, 0.25) is 0 Å². The summed E-state index contributed by atoms with van der Waals surface area (Å²) in [6.07, 6.45) is 0. The fourth-order valence-electron chi connectivity index (χ4n) is 2.29. The van der Waals surface area contributed by atoms with Crippen LogP contribution in [0.4, 0.5) is 10.1 Å². The first kappa shape index (κ1) is 15.5. The van der Waals surface area contributed by atoms with Gasteiger partial charge in [-0.3, -0.25) is 0 Å². The van der Waals surface area contributed by atoms with Crippen molar-refractivity contribution >= 4 is 37.5 Å². The van der Waals surface area contributed by atoms with Crippen LogP contribution < -0.4 is 5.32 Å². The van der Waals surface area contributed by atoms with Crippen molar-refractivity contribution in [3.05, 3.63) is 61.8 Å². The lowest BCUT2D eigenvalue weighted by molar-refractivity contribution is 0.625. The highest BCUT2D eigenvalue weighted by Crippen LogP contribution is 2.31. The number of hydrogen-bond acceptors (Lipinski definition) is 1. The lowest BCUT2D eigenvalue weighted by Gasteiger charge is -2.21. The van der Waals surface area contributed by atoms with Gasteiger partial charge in [0.25, 0.3) is 0 Å². The molecule has 106 valence electrons. The molecule has 0 radical (unpaired) electrons. The topological polar surface area (TPSA) is 12.0 Å². The van der Waals surface area contributed by atoms with Crippen LogP contribution >= 0.6 is 31.9 Å². The van der Waals surface area contributed by atoms with E-state index in [2.05, 4.69) is 70.1 Å². The summed E-state index contributed by atoms with van der Waals surface area (Å²) in [5, 5.41) is 3.51. The van der Waals surface area contributed by atoms with Gasteiger partial charge in [0.05, 0.1) is 0 Å². The number of nitrogens with one attached hydrogen (secondary N) is 1. The molecule has 0 heterocycles. The maximum atomic E-state index is 13.2. The van der Waals surface area contributed by atoms with E-state index in [1.165, 1.54) is 23.3 Å². The molecule has 1 N–H and O–H groups in total. The summed E-state index contributed by atoms with van der Waals surface area (Å²) < 4.78 is 15.0. The quantitative estimate of drug-likeness (QED) is 0.652. The fraction of sp³-hybridized carbons (Fsp3) is 0.250. The van der Waals surface area contributed by atoms with Crippen molar-refractivity contribution in [1.82, 2.24) is 0 Å². The Hall–Kier alpha value is -0.870. The van der Waals surface area contributed by atoms with E-state index in [9.17, 15) is 4.39 Å². The zero-order valence-corrected chi connectivity index (χ0v) is 14.8. The van der Waals surface area contributed by atoms with E-state index < -0.39 is 0 Å². The zero-order valence-electron chi connectivity index (χ0n) is 11.6. The summed E-state index contributed by atoms with van der Waals surface area (Å²) in [4.78, 5) is 0. The molecule has 0 aliphatic rings. The summed E-state index contributed by atoms with van der Waals surface area (Å²) in [5.74, 6) is -0.233. The Bertz CT molecular complexity index is 617. The lowest BCUT2D eigenvalue weighted by Crippen LogP contribution is -2.09. The highest BCUT2D eigenvalue weighted by Gasteiger charge is 2.12. The Kier molecular flexibility index (Phi) is 4.86. The summed E-state index contributed by atoms with van der Waals surface area (Å²) in [6.45, 7) is 6.22. The van der Waals surface area contributed by atoms with Crippen LogP contribution in [0.15, 0.2) is 39.3 Å². The highest BCUT2D eigenvalue weighted by molar-refractivity contribution is 9.10. The molecule has 2 aromatic carbocycles. The number of aryl methyl sites for hydroxylation is 2. The normalized spacial score (nSPS) is 12.3. The number of hydrogen-bond donors (Lipinski definition) is 1. The van der Waals surface area contributed by atoms with Gasteiger partial charge in [0.1, 0.15) is 5.82 Å². The van der Waals surface area contributed by atoms with Crippen LogP contribution in [-0.2, 0) is 0 Å². The third-order valence-corrected chi connectivity index (χ3v) is 4.43. The van der Waals surface area contributed by atoms with Crippen LogP contribution in [0.25, 0.3) is 0 Å². The molecular formula is C16H16Br2FN. The van der Waals surface area contributed by atoms with Crippen molar-refractivity contribution in [3.63, 3.8) is 0 Å². The monoisotopic (exact) mass is 399 g/mol. The number of anilines is 1. The molecule has 0 amide bonds. The first-order valence-electron chi connectivity index (χ1n) is 6.36. The molecule has 0 spiro atoms. The average Bonchev–Trinajstić information content (AvgIpc) is 2.33.